The van der Waals surface area contributed by atoms with Crippen molar-refractivity contribution < 1.29 is 0 Å². The highest BCUT2D eigenvalue weighted by atomic mass is 14.6. The molecule has 0 spiro atoms. The Kier molecular flexibility index (Phi) is 7.29. The van der Waals surface area contributed by atoms with Crippen molar-refractivity contribution in [1.82, 2.24) is 0 Å². The summed E-state index contributed by atoms with van der Waals surface area (Å²) in [5.74, 6) is 5.90. The molecule has 1 unspecified atom stereocenters. The zero-order valence-corrected chi connectivity index (χ0v) is 7.69. The molecule has 0 fully saturated rings. The predicted molar refractivity (Wildman–Crippen MR) is 50.2 cm³/mol. The van der Waals surface area contributed by atoms with E-state index in [-0.39, 0.29) is 0 Å². The van der Waals surface area contributed by atoms with E-state index in [9.17, 15) is 0 Å². The molecule has 11 heavy (non-hydrogen) atoms. The lowest BCUT2D eigenvalue weighted by atomic mass is 10.1. The Morgan fingerprint density at radius 1 is 1.36 bits per heavy atom. The molecule has 0 rings (SSSR count). The number of unbranched alkanes of at least 4 members (excludes halogenated alkanes) is 1. The van der Waals surface area contributed by atoms with Crippen LogP contribution in [-0.2, 0) is 0 Å². The first-order valence-electron chi connectivity index (χ1n) is 4.46. The largest absolute Gasteiger partial charge is 0.328 e. The van der Waals surface area contributed by atoms with E-state index < -0.39 is 0 Å². The second-order valence-corrected chi connectivity index (χ2v) is 2.87. The maximum Gasteiger partial charge on any atom is 0.0103 e. The third-order valence-corrected chi connectivity index (χ3v) is 1.75. The SMILES string of the molecule is CC#CCCC(N)CCCC. The highest BCUT2D eigenvalue weighted by molar-refractivity contribution is 4.95. The van der Waals surface area contributed by atoms with E-state index in [1.165, 1.54) is 12.8 Å². The molecule has 2 N–H and O–H groups in total. The van der Waals surface area contributed by atoms with E-state index in [0.717, 1.165) is 19.3 Å². The molecule has 0 heterocycles. The van der Waals surface area contributed by atoms with Crippen molar-refractivity contribution in [2.24, 2.45) is 5.73 Å². The van der Waals surface area contributed by atoms with E-state index in [2.05, 4.69) is 18.8 Å². The minimum atomic E-state index is 0.371. The van der Waals surface area contributed by atoms with Gasteiger partial charge in [0, 0.05) is 12.5 Å². The van der Waals surface area contributed by atoms with Crippen LogP contribution in [0.2, 0.25) is 0 Å². The maximum atomic E-state index is 5.83. The summed E-state index contributed by atoms with van der Waals surface area (Å²) in [5, 5.41) is 0. The molecule has 0 aliphatic heterocycles. The van der Waals surface area contributed by atoms with Gasteiger partial charge in [-0.3, -0.25) is 0 Å². The van der Waals surface area contributed by atoms with Crippen LogP contribution in [0, 0.1) is 11.8 Å². The lowest BCUT2D eigenvalue weighted by Crippen LogP contribution is -2.18. The summed E-state index contributed by atoms with van der Waals surface area (Å²) in [6.07, 6.45) is 5.66. The Labute approximate surface area is 70.4 Å². The highest BCUT2D eigenvalue weighted by Crippen LogP contribution is 2.03. The van der Waals surface area contributed by atoms with Crippen LogP contribution >= 0.6 is 0 Å². The van der Waals surface area contributed by atoms with Crippen LogP contribution in [-0.4, -0.2) is 6.04 Å². The van der Waals surface area contributed by atoms with E-state index >= 15 is 0 Å². The molecule has 0 amide bonds. The summed E-state index contributed by atoms with van der Waals surface area (Å²) in [4.78, 5) is 0. The van der Waals surface area contributed by atoms with Crippen LogP contribution in [0.3, 0.4) is 0 Å². The lowest BCUT2D eigenvalue weighted by Gasteiger charge is -2.07. The van der Waals surface area contributed by atoms with Gasteiger partial charge in [0.05, 0.1) is 0 Å². The van der Waals surface area contributed by atoms with Crippen molar-refractivity contribution in [2.45, 2.75) is 52.0 Å². The van der Waals surface area contributed by atoms with Crippen LogP contribution in [0.4, 0.5) is 0 Å². The zero-order chi connectivity index (χ0) is 8.53. The molecule has 0 bridgehead atoms. The molecular weight excluding hydrogens is 134 g/mol. The van der Waals surface area contributed by atoms with E-state index in [1.807, 2.05) is 6.92 Å². The summed E-state index contributed by atoms with van der Waals surface area (Å²) >= 11 is 0. The van der Waals surface area contributed by atoms with Gasteiger partial charge in [0.15, 0.2) is 0 Å². The normalized spacial score (nSPS) is 11.9. The zero-order valence-electron chi connectivity index (χ0n) is 7.69. The number of rotatable bonds is 5. The van der Waals surface area contributed by atoms with Crippen molar-refractivity contribution in [3.05, 3.63) is 0 Å². The first kappa shape index (κ1) is 10.5. The molecule has 64 valence electrons. The van der Waals surface area contributed by atoms with Gasteiger partial charge in [0.2, 0.25) is 0 Å². The van der Waals surface area contributed by atoms with Gasteiger partial charge in [-0.05, 0) is 19.8 Å². The van der Waals surface area contributed by atoms with Gasteiger partial charge in [-0.25, -0.2) is 0 Å². The molecular formula is C10H19N. The summed E-state index contributed by atoms with van der Waals surface area (Å²) in [6, 6.07) is 0.371. The van der Waals surface area contributed by atoms with Crippen molar-refractivity contribution in [2.75, 3.05) is 0 Å². The number of nitrogens with two attached hydrogens (primary N) is 1. The standard InChI is InChI=1S/C10H19N/c1-3-5-7-9-10(11)8-6-4-2/h10H,4,6-9,11H2,1-2H3. The van der Waals surface area contributed by atoms with Gasteiger partial charge in [0.25, 0.3) is 0 Å². The van der Waals surface area contributed by atoms with Gasteiger partial charge in [-0.1, -0.05) is 19.8 Å². The first-order valence-corrected chi connectivity index (χ1v) is 4.46. The van der Waals surface area contributed by atoms with Crippen molar-refractivity contribution in [1.29, 1.82) is 0 Å². The van der Waals surface area contributed by atoms with Gasteiger partial charge < -0.3 is 5.73 Å². The fraction of sp³-hybridized carbons (Fsp3) is 0.800. The molecule has 1 heteroatoms. The van der Waals surface area contributed by atoms with Crippen LogP contribution in [0.5, 0.6) is 0 Å². The Balaban J connectivity index is 3.19. The van der Waals surface area contributed by atoms with Gasteiger partial charge >= 0.3 is 0 Å². The van der Waals surface area contributed by atoms with Crippen LogP contribution in [0.25, 0.3) is 0 Å². The van der Waals surface area contributed by atoms with Crippen LogP contribution in [0.15, 0.2) is 0 Å². The smallest absolute Gasteiger partial charge is 0.0103 e. The van der Waals surface area contributed by atoms with Gasteiger partial charge in [0.1, 0.15) is 0 Å². The minimum Gasteiger partial charge on any atom is -0.328 e. The van der Waals surface area contributed by atoms with Gasteiger partial charge in [-0.2, -0.15) is 0 Å². The number of hydrogen-bond acceptors (Lipinski definition) is 1. The monoisotopic (exact) mass is 153 g/mol. The molecule has 0 aromatic rings. The molecule has 0 aromatic heterocycles. The molecule has 0 aliphatic rings. The highest BCUT2D eigenvalue weighted by Gasteiger charge is 1.98. The minimum absolute atomic E-state index is 0.371. The number of hydrogen-bond donors (Lipinski definition) is 1. The van der Waals surface area contributed by atoms with Gasteiger partial charge in [-0.15, -0.1) is 11.8 Å². The third kappa shape index (κ3) is 7.42. The molecule has 0 aliphatic carbocycles. The quantitative estimate of drug-likeness (QED) is 0.603. The Bertz CT molecular complexity index is 130. The van der Waals surface area contributed by atoms with E-state index in [4.69, 9.17) is 5.73 Å². The molecule has 1 atom stereocenters. The van der Waals surface area contributed by atoms with Crippen molar-refractivity contribution in [3.63, 3.8) is 0 Å². The average molecular weight is 153 g/mol. The maximum absolute atomic E-state index is 5.83. The summed E-state index contributed by atoms with van der Waals surface area (Å²) in [6.45, 7) is 4.07. The van der Waals surface area contributed by atoms with E-state index in [1.54, 1.807) is 0 Å². The van der Waals surface area contributed by atoms with Crippen molar-refractivity contribution in [3.8, 4) is 11.8 Å². The summed E-state index contributed by atoms with van der Waals surface area (Å²) in [7, 11) is 0. The average Bonchev–Trinajstić information content (AvgIpc) is 2.01. The molecule has 1 nitrogen and oxygen atoms in total. The second kappa shape index (κ2) is 7.63. The predicted octanol–water partition coefficient (Wildman–Crippen LogP) is 2.31. The van der Waals surface area contributed by atoms with E-state index in [0.29, 0.717) is 6.04 Å². The molecule has 0 saturated carbocycles. The third-order valence-electron chi connectivity index (χ3n) is 1.75. The lowest BCUT2D eigenvalue weighted by molar-refractivity contribution is 0.548. The Hall–Kier alpha value is -0.480. The fourth-order valence-corrected chi connectivity index (χ4v) is 0.993. The second-order valence-electron chi connectivity index (χ2n) is 2.87. The summed E-state index contributed by atoms with van der Waals surface area (Å²) in [5.41, 5.74) is 5.83. The fourth-order valence-electron chi connectivity index (χ4n) is 0.993. The Morgan fingerprint density at radius 2 is 2.09 bits per heavy atom. The van der Waals surface area contributed by atoms with Crippen LogP contribution in [0.1, 0.15) is 46.0 Å². The van der Waals surface area contributed by atoms with Crippen LogP contribution < -0.4 is 5.73 Å². The summed E-state index contributed by atoms with van der Waals surface area (Å²) < 4.78 is 0. The molecule has 0 saturated heterocycles. The first-order chi connectivity index (χ1) is 5.31. The molecule has 0 radical (unpaired) electrons. The van der Waals surface area contributed by atoms with Crippen molar-refractivity contribution >= 4 is 0 Å². The topological polar surface area (TPSA) is 26.0 Å². The Morgan fingerprint density at radius 3 is 2.64 bits per heavy atom. The molecule has 0 aromatic carbocycles.